The minimum absolute atomic E-state index is 0.146. The van der Waals surface area contributed by atoms with Crippen LogP contribution in [0.5, 0.6) is 11.5 Å². The Morgan fingerprint density at radius 2 is 2.39 bits per heavy atom. The van der Waals surface area contributed by atoms with Gasteiger partial charge in [0.1, 0.15) is 23.6 Å². The third-order valence-corrected chi connectivity index (χ3v) is 3.06. The standard InChI is InChI=1S/C13H17NO4/c1-7-3-8-5-11(17-2)9(6-12(8)18-7)4-10(14)13(15)16/h5-7,10H,3-4,14H2,1-2H3,(H,15,16)/t7?,10-/m1/s1. The third-order valence-electron chi connectivity index (χ3n) is 3.06. The highest BCUT2D eigenvalue weighted by Gasteiger charge is 2.23. The van der Waals surface area contributed by atoms with Gasteiger partial charge in [-0.2, -0.15) is 0 Å². The number of nitrogens with two attached hydrogens (primary N) is 1. The van der Waals surface area contributed by atoms with Crippen molar-refractivity contribution in [2.24, 2.45) is 5.73 Å². The molecule has 2 rings (SSSR count). The van der Waals surface area contributed by atoms with Crippen LogP contribution in [0.3, 0.4) is 0 Å². The number of aliphatic carboxylic acids is 1. The molecule has 0 amide bonds. The molecular weight excluding hydrogens is 234 g/mol. The zero-order valence-electron chi connectivity index (χ0n) is 10.5. The van der Waals surface area contributed by atoms with Crippen LogP contribution in [0.2, 0.25) is 0 Å². The highest BCUT2D eigenvalue weighted by Crippen LogP contribution is 2.35. The summed E-state index contributed by atoms with van der Waals surface area (Å²) in [5.41, 5.74) is 7.40. The van der Waals surface area contributed by atoms with Gasteiger partial charge < -0.3 is 20.3 Å². The van der Waals surface area contributed by atoms with Crippen molar-refractivity contribution in [1.29, 1.82) is 0 Å². The molecule has 0 bridgehead atoms. The first-order valence-corrected chi connectivity index (χ1v) is 5.86. The summed E-state index contributed by atoms with van der Waals surface area (Å²) in [4.78, 5) is 10.8. The van der Waals surface area contributed by atoms with Gasteiger partial charge in [0.25, 0.3) is 0 Å². The van der Waals surface area contributed by atoms with E-state index in [0.29, 0.717) is 5.75 Å². The van der Waals surface area contributed by atoms with Crippen molar-refractivity contribution >= 4 is 5.97 Å². The minimum Gasteiger partial charge on any atom is -0.496 e. The molecule has 1 aromatic rings. The van der Waals surface area contributed by atoms with E-state index in [-0.39, 0.29) is 12.5 Å². The van der Waals surface area contributed by atoms with Gasteiger partial charge in [-0.3, -0.25) is 4.79 Å². The molecule has 3 N–H and O–H groups in total. The van der Waals surface area contributed by atoms with Crippen molar-refractivity contribution in [3.05, 3.63) is 23.3 Å². The van der Waals surface area contributed by atoms with Crippen LogP contribution in [0.4, 0.5) is 0 Å². The molecule has 0 saturated heterocycles. The van der Waals surface area contributed by atoms with Crippen molar-refractivity contribution in [1.82, 2.24) is 0 Å². The fourth-order valence-electron chi connectivity index (χ4n) is 2.16. The third kappa shape index (κ3) is 2.41. The van der Waals surface area contributed by atoms with Crippen LogP contribution < -0.4 is 15.2 Å². The second-order valence-electron chi connectivity index (χ2n) is 4.55. The van der Waals surface area contributed by atoms with Gasteiger partial charge in [0.05, 0.1) is 7.11 Å². The summed E-state index contributed by atoms with van der Waals surface area (Å²) in [5.74, 6) is 0.450. The molecular formula is C13H17NO4. The number of hydrogen-bond donors (Lipinski definition) is 2. The molecule has 5 heteroatoms. The van der Waals surface area contributed by atoms with E-state index in [1.807, 2.05) is 19.1 Å². The molecule has 5 nitrogen and oxygen atoms in total. The Bertz CT molecular complexity index is 472. The molecule has 0 aliphatic carbocycles. The van der Waals surface area contributed by atoms with E-state index in [4.69, 9.17) is 20.3 Å². The predicted molar refractivity (Wildman–Crippen MR) is 66.1 cm³/mol. The maximum Gasteiger partial charge on any atom is 0.320 e. The summed E-state index contributed by atoms with van der Waals surface area (Å²) in [6.07, 6.45) is 1.22. The first kappa shape index (κ1) is 12.7. The molecule has 1 aliphatic rings. The van der Waals surface area contributed by atoms with Crippen LogP contribution in [0.1, 0.15) is 18.1 Å². The fourth-order valence-corrected chi connectivity index (χ4v) is 2.16. The predicted octanol–water partition coefficient (Wildman–Crippen LogP) is 0.973. The lowest BCUT2D eigenvalue weighted by Gasteiger charge is -2.13. The van der Waals surface area contributed by atoms with Gasteiger partial charge in [-0.05, 0) is 24.6 Å². The van der Waals surface area contributed by atoms with Gasteiger partial charge in [0.2, 0.25) is 0 Å². The Balaban J connectivity index is 2.30. The summed E-state index contributed by atoms with van der Waals surface area (Å²) in [5, 5.41) is 8.85. The molecule has 18 heavy (non-hydrogen) atoms. The first-order valence-electron chi connectivity index (χ1n) is 5.86. The minimum atomic E-state index is -1.02. The van der Waals surface area contributed by atoms with Crippen LogP contribution in [-0.4, -0.2) is 30.3 Å². The molecule has 1 aliphatic heterocycles. The molecule has 0 radical (unpaired) electrons. The number of carboxylic acid groups (broad SMARTS) is 1. The molecule has 1 heterocycles. The van der Waals surface area contributed by atoms with Gasteiger partial charge in [0.15, 0.2) is 0 Å². The van der Waals surface area contributed by atoms with E-state index in [2.05, 4.69) is 0 Å². The molecule has 0 spiro atoms. The van der Waals surface area contributed by atoms with Gasteiger partial charge in [0, 0.05) is 18.4 Å². The SMILES string of the molecule is COc1cc2c(cc1C[C@@H](N)C(=O)O)OC(C)C2. The van der Waals surface area contributed by atoms with Crippen LogP contribution in [0.15, 0.2) is 12.1 Å². The van der Waals surface area contributed by atoms with Crippen LogP contribution in [0, 0.1) is 0 Å². The monoisotopic (exact) mass is 251 g/mol. The van der Waals surface area contributed by atoms with Gasteiger partial charge in [-0.1, -0.05) is 0 Å². The largest absolute Gasteiger partial charge is 0.496 e. The lowest BCUT2D eigenvalue weighted by atomic mass is 10.0. The van der Waals surface area contributed by atoms with Crippen LogP contribution in [-0.2, 0) is 17.6 Å². The number of benzene rings is 1. The Kier molecular flexibility index (Phi) is 3.43. The summed E-state index contributed by atoms with van der Waals surface area (Å²) in [6.45, 7) is 2.00. The number of fused-ring (bicyclic) bond motifs is 1. The number of methoxy groups -OCH3 is 1. The molecule has 0 aromatic heterocycles. The van der Waals surface area contributed by atoms with Gasteiger partial charge in [-0.15, -0.1) is 0 Å². The van der Waals surface area contributed by atoms with E-state index >= 15 is 0 Å². The quantitative estimate of drug-likeness (QED) is 0.833. The van der Waals surface area contributed by atoms with Gasteiger partial charge >= 0.3 is 5.97 Å². The fraction of sp³-hybridized carbons (Fsp3) is 0.462. The lowest BCUT2D eigenvalue weighted by molar-refractivity contribution is -0.138. The van der Waals surface area contributed by atoms with E-state index < -0.39 is 12.0 Å². The van der Waals surface area contributed by atoms with E-state index in [9.17, 15) is 4.79 Å². The molecule has 98 valence electrons. The number of hydrogen-bond acceptors (Lipinski definition) is 4. The highest BCUT2D eigenvalue weighted by atomic mass is 16.5. The zero-order chi connectivity index (χ0) is 13.3. The summed E-state index contributed by atoms with van der Waals surface area (Å²) < 4.78 is 10.9. The number of carbonyl (C=O) groups is 1. The summed E-state index contributed by atoms with van der Waals surface area (Å²) in [6, 6.07) is 2.80. The van der Waals surface area contributed by atoms with Crippen LogP contribution in [0.25, 0.3) is 0 Å². The van der Waals surface area contributed by atoms with E-state index in [1.165, 1.54) is 0 Å². The normalized spacial score (nSPS) is 18.9. The maximum absolute atomic E-state index is 10.8. The van der Waals surface area contributed by atoms with Crippen molar-refractivity contribution in [2.75, 3.05) is 7.11 Å². The second kappa shape index (κ2) is 4.86. The number of carboxylic acids is 1. The average molecular weight is 251 g/mol. The molecule has 0 fully saturated rings. The Hall–Kier alpha value is -1.75. The van der Waals surface area contributed by atoms with E-state index in [0.717, 1.165) is 23.3 Å². The molecule has 1 aromatic carbocycles. The summed E-state index contributed by atoms with van der Waals surface area (Å²) >= 11 is 0. The topological polar surface area (TPSA) is 81.8 Å². The smallest absolute Gasteiger partial charge is 0.320 e. The van der Waals surface area contributed by atoms with Crippen molar-refractivity contribution in [3.8, 4) is 11.5 Å². The van der Waals surface area contributed by atoms with Crippen LogP contribution >= 0.6 is 0 Å². The van der Waals surface area contributed by atoms with Gasteiger partial charge in [-0.25, -0.2) is 0 Å². The summed E-state index contributed by atoms with van der Waals surface area (Å²) in [7, 11) is 1.57. The molecule has 2 atom stereocenters. The Morgan fingerprint density at radius 3 is 3.00 bits per heavy atom. The lowest BCUT2D eigenvalue weighted by Crippen LogP contribution is -2.32. The van der Waals surface area contributed by atoms with E-state index in [1.54, 1.807) is 7.11 Å². The van der Waals surface area contributed by atoms with Crippen molar-refractivity contribution in [2.45, 2.75) is 31.9 Å². The maximum atomic E-state index is 10.8. The first-order chi connectivity index (χ1) is 8.51. The average Bonchev–Trinajstić information content (AvgIpc) is 2.66. The number of rotatable bonds is 4. The Labute approximate surface area is 106 Å². The second-order valence-corrected chi connectivity index (χ2v) is 4.55. The zero-order valence-corrected chi connectivity index (χ0v) is 10.5. The Morgan fingerprint density at radius 1 is 1.67 bits per heavy atom. The highest BCUT2D eigenvalue weighted by molar-refractivity contribution is 5.73. The number of ether oxygens (including phenoxy) is 2. The van der Waals surface area contributed by atoms with Crippen molar-refractivity contribution in [3.63, 3.8) is 0 Å². The van der Waals surface area contributed by atoms with Crippen molar-refractivity contribution < 1.29 is 19.4 Å². The molecule has 0 saturated carbocycles. The molecule has 1 unspecified atom stereocenters.